The number of hydrogen-bond acceptors (Lipinski definition) is 4. The molecule has 0 radical (unpaired) electrons. The van der Waals surface area contributed by atoms with Gasteiger partial charge >= 0.3 is 0 Å². The van der Waals surface area contributed by atoms with Gasteiger partial charge < -0.3 is 14.4 Å². The van der Waals surface area contributed by atoms with E-state index in [-0.39, 0.29) is 0 Å². The molecule has 0 atom stereocenters. The van der Waals surface area contributed by atoms with E-state index in [1.807, 2.05) is 36.4 Å². The fourth-order valence-electron chi connectivity index (χ4n) is 5.03. The predicted molar refractivity (Wildman–Crippen MR) is 122 cm³/mol. The Hall–Kier alpha value is -2.01. The van der Waals surface area contributed by atoms with Crippen LogP contribution in [0.5, 0.6) is 5.75 Å². The summed E-state index contributed by atoms with van der Waals surface area (Å²) in [4.78, 5) is 5.18. The molecular weight excluding hydrogens is 396 g/mol. The Morgan fingerprint density at radius 1 is 0.933 bits per heavy atom. The number of piperidine rings is 2. The van der Waals surface area contributed by atoms with E-state index in [4.69, 9.17) is 16.0 Å². The highest BCUT2D eigenvalue weighted by Gasteiger charge is 2.26. The van der Waals surface area contributed by atoms with E-state index < -0.39 is 0 Å². The minimum Gasteiger partial charge on any atom is -0.508 e. The molecular formula is C25H29ClN2O2. The van der Waals surface area contributed by atoms with Crippen molar-refractivity contribution in [3.05, 3.63) is 53.1 Å². The lowest BCUT2D eigenvalue weighted by Crippen LogP contribution is -2.46. The quantitative estimate of drug-likeness (QED) is 0.565. The molecule has 30 heavy (non-hydrogen) atoms. The molecule has 2 aromatic carbocycles. The van der Waals surface area contributed by atoms with E-state index in [1.54, 1.807) is 6.07 Å². The summed E-state index contributed by atoms with van der Waals surface area (Å²) in [6, 6.07) is 14.1. The second-order valence-corrected chi connectivity index (χ2v) is 9.13. The van der Waals surface area contributed by atoms with E-state index >= 15 is 0 Å². The third-order valence-electron chi connectivity index (χ3n) is 6.76. The number of likely N-dealkylation sites (tertiary alicyclic amines) is 2. The van der Waals surface area contributed by atoms with Crippen LogP contribution in [0.3, 0.4) is 0 Å². The molecule has 0 unspecified atom stereocenters. The Morgan fingerprint density at radius 2 is 1.67 bits per heavy atom. The van der Waals surface area contributed by atoms with Crippen molar-refractivity contribution in [3.63, 3.8) is 0 Å². The molecule has 2 fully saturated rings. The lowest BCUT2D eigenvalue weighted by Gasteiger charge is -2.40. The molecule has 2 saturated heterocycles. The molecule has 5 heteroatoms. The Morgan fingerprint density at radius 3 is 2.40 bits per heavy atom. The third kappa shape index (κ3) is 4.09. The van der Waals surface area contributed by atoms with Gasteiger partial charge in [0.25, 0.3) is 0 Å². The summed E-state index contributed by atoms with van der Waals surface area (Å²) in [6.45, 7) is 5.47. The molecule has 2 aliphatic heterocycles. The van der Waals surface area contributed by atoms with Crippen molar-refractivity contribution in [2.75, 3.05) is 26.2 Å². The number of aromatic hydroxyl groups is 1. The van der Waals surface area contributed by atoms with Crippen LogP contribution in [0.15, 0.2) is 46.9 Å². The molecule has 5 rings (SSSR count). The van der Waals surface area contributed by atoms with Crippen LogP contribution in [-0.2, 0) is 6.54 Å². The number of halogens is 1. The maximum atomic E-state index is 10.6. The van der Waals surface area contributed by atoms with Crippen LogP contribution in [0.2, 0.25) is 5.02 Å². The van der Waals surface area contributed by atoms with Crippen molar-refractivity contribution in [1.82, 2.24) is 9.80 Å². The number of hydrogen-bond donors (Lipinski definition) is 1. The van der Waals surface area contributed by atoms with Crippen LogP contribution >= 0.6 is 11.6 Å². The van der Waals surface area contributed by atoms with Gasteiger partial charge in [-0.2, -0.15) is 0 Å². The first-order chi connectivity index (χ1) is 14.7. The van der Waals surface area contributed by atoms with E-state index in [1.165, 1.54) is 45.2 Å². The van der Waals surface area contributed by atoms with Gasteiger partial charge in [0.2, 0.25) is 0 Å². The number of fused-ring (bicyclic) bond motifs is 1. The summed E-state index contributed by atoms with van der Waals surface area (Å²) in [6.07, 6.45) is 6.54. The van der Waals surface area contributed by atoms with Crippen molar-refractivity contribution < 1.29 is 9.52 Å². The first-order valence-electron chi connectivity index (χ1n) is 11.1. The number of benzene rings is 2. The van der Waals surface area contributed by atoms with Gasteiger partial charge in [-0.25, -0.2) is 0 Å². The van der Waals surface area contributed by atoms with Crippen LogP contribution in [0.1, 0.15) is 37.7 Å². The van der Waals surface area contributed by atoms with Gasteiger partial charge in [0, 0.05) is 34.1 Å². The zero-order chi connectivity index (χ0) is 20.5. The summed E-state index contributed by atoms with van der Waals surface area (Å²) < 4.78 is 6.10. The fourth-order valence-corrected chi connectivity index (χ4v) is 5.16. The third-order valence-corrected chi connectivity index (χ3v) is 7.01. The summed E-state index contributed by atoms with van der Waals surface area (Å²) in [5, 5.41) is 12.3. The second kappa shape index (κ2) is 8.62. The normalized spacial score (nSPS) is 19.5. The Labute approximate surface area is 183 Å². The molecule has 3 heterocycles. The molecule has 1 N–H and O–H groups in total. The Bertz CT molecular complexity index is 1000. The van der Waals surface area contributed by atoms with Gasteiger partial charge in [0.1, 0.15) is 17.1 Å². The van der Waals surface area contributed by atoms with Crippen LogP contribution in [-0.4, -0.2) is 47.1 Å². The highest BCUT2D eigenvalue weighted by molar-refractivity contribution is 6.30. The van der Waals surface area contributed by atoms with Crippen molar-refractivity contribution in [3.8, 4) is 17.1 Å². The van der Waals surface area contributed by atoms with Crippen molar-refractivity contribution in [2.24, 2.45) is 0 Å². The number of furan rings is 1. The highest BCUT2D eigenvalue weighted by atomic mass is 35.5. The second-order valence-electron chi connectivity index (χ2n) is 8.70. The van der Waals surface area contributed by atoms with Crippen LogP contribution in [0, 0.1) is 0 Å². The molecule has 0 spiro atoms. The lowest BCUT2D eigenvalue weighted by molar-refractivity contribution is 0.0895. The lowest BCUT2D eigenvalue weighted by atomic mass is 9.99. The molecule has 2 aliphatic rings. The molecule has 0 saturated carbocycles. The van der Waals surface area contributed by atoms with Gasteiger partial charge in [-0.15, -0.1) is 0 Å². The van der Waals surface area contributed by atoms with Crippen molar-refractivity contribution >= 4 is 22.6 Å². The highest BCUT2D eigenvalue weighted by Crippen LogP contribution is 2.35. The monoisotopic (exact) mass is 424 g/mol. The van der Waals surface area contributed by atoms with Crippen LogP contribution in [0.4, 0.5) is 0 Å². The van der Waals surface area contributed by atoms with Gasteiger partial charge in [0.15, 0.2) is 0 Å². The zero-order valence-corrected chi connectivity index (χ0v) is 18.1. The molecule has 1 aromatic heterocycles. The Kier molecular flexibility index (Phi) is 5.72. The van der Waals surface area contributed by atoms with Crippen LogP contribution in [0.25, 0.3) is 22.3 Å². The number of phenols is 1. The fraction of sp³-hybridized carbons (Fsp3) is 0.440. The van der Waals surface area contributed by atoms with Gasteiger partial charge in [-0.05, 0) is 94.3 Å². The number of nitrogens with zero attached hydrogens (tertiary/aromatic N) is 2. The van der Waals surface area contributed by atoms with Crippen LogP contribution < -0.4 is 0 Å². The van der Waals surface area contributed by atoms with Gasteiger partial charge in [-0.3, -0.25) is 4.90 Å². The first-order valence-corrected chi connectivity index (χ1v) is 11.5. The first kappa shape index (κ1) is 19.9. The largest absolute Gasteiger partial charge is 0.508 e. The predicted octanol–water partition coefficient (Wildman–Crippen LogP) is 5.91. The van der Waals surface area contributed by atoms with Crippen molar-refractivity contribution in [1.29, 1.82) is 0 Å². The molecule has 158 valence electrons. The zero-order valence-electron chi connectivity index (χ0n) is 17.3. The maximum absolute atomic E-state index is 10.6. The minimum atomic E-state index is 0.351. The average Bonchev–Trinajstić information content (AvgIpc) is 3.22. The molecule has 3 aromatic rings. The number of phenolic OH excluding ortho intramolecular Hbond substituents is 1. The smallest absolute Gasteiger partial charge is 0.135 e. The maximum Gasteiger partial charge on any atom is 0.135 e. The van der Waals surface area contributed by atoms with E-state index in [0.29, 0.717) is 10.8 Å². The summed E-state index contributed by atoms with van der Waals surface area (Å²) in [5.41, 5.74) is 2.77. The standard InChI is InChI=1S/C25H29ClN2O2/c26-19-6-4-18(5-7-19)25-16-21-22(23(29)8-9-24(21)30-25)17-27-14-10-20(11-15-27)28-12-2-1-3-13-28/h4-9,16,20,29H,1-3,10-15,17H2. The van der Waals surface area contributed by atoms with E-state index in [9.17, 15) is 5.11 Å². The number of rotatable bonds is 4. The summed E-state index contributed by atoms with van der Waals surface area (Å²) in [5.74, 6) is 1.15. The van der Waals surface area contributed by atoms with E-state index in [2.05, 4.69) is 9.80 Å². The van der Waals surface area contributed by atoms with Gasteiger partial charge in [0.05, 0.1) is 0 Å². The molecule has 0 aliphatic carbocycles. The molecule has 0 bridgehead atoms. The average molecular weight is 425 g/mol. The Balaban J connectivity index is 1.33. The minimum absolute atomic E-state index is 0.351. The topological polar surface area (TPSA) is 39.9 Å². The molecule has 0 amide bonds. The van der Waals surface area contributed by atoms with Crippen molar-refractivity contribution in [2.45, 2.75) is 44.7 Å². The molecule has 4 nitrogen and oxygen atoms in total. The van der Waals surface area contributed by atoms with Gasteiger partial charge in [-0.1, -0.05) is 18.0 Å². The summed E-state index contributed by atoms with van der Waals surface area (Å²) in [7, 11) is 0. The summed E-state index contributed by atoms with van der Waals surface area (Å²) >= 11 is 6.02. The van der Waals surface area contributed by atoms with E-state index in [0.717, 1.165) is 53.5 Å². The SMILES string of the molecule is Oc1ccc2oc(-c3ccc(Cl)cc3)cc2c1CN1CCC(N2CCCCC2)CC1.